The maximum atomic E-state index is 13.3. The fourth-order valence-corrected chi connectivity index (χ4v) is 5.18. The van der Waals surface area contributed by atoms with Gasteiger partial charge in [0.2, 0.25) is 0 Å². The van der Waals surface area contributed by atoms with Gasteiger partial charge in [0.1, 0.15) is 11.3 Å². The van der Waals surface area contributed by atoms with Crippen LogP contribution in [-0.4, -0.2) is 39.7 Å². The topological polar surface area (TPSA) is 120 Å². The largest absolute Gasteiger partial charge is 0.381 e. The first-order valence-electron chi connectivity index (χ1n) is 11.9. The third-order valence-corrected chi connectivity index (χ3v) is 7.23. The number of benzene rings is 1. The molecule has 0 fully saturated rings. The molecule has 1 atom stereocenters. The zero-order valence-corrected chi connectivity index (χ0v) is 21.7. The predicted octanol–water partition coefficient (Wildman–Crippen LogP) is 3.62. The van der Waals surface area contributed by atoms with Gasteiger partial charge in [0.15, 0.2) is 16.4 Å². The Labute approximate surface area is 221 Å². The Morgan fingerprint density at radius 2 is 2.00 bits per heavy atom. The van der Waals surface area contributed by atoms with Crippen molar-refractivity contribution in [1.82, 2.24) is 39.1 Å². The van der Waals surface area contributed by atoms with E-state index in [1.807, 2.05) is 61.0 Å². The smallest absolute Gasteiger partial charge is 0.259 e. The first-order valence-corrected chi connectivity index (χ1v) is 12.8. The molecule has 1 unspecified atom stereocenters. The molecular formula is C27H23N9OS. The third-order valence-electron chi connectivity index (χ3n) is 6.41. The van der Waals surface area contributed by atoms with Crippen molar-refractivity contribution in [1.29, 1.82) is 0 Å². The van der Waals surface area contributed by atoms with E-state index in [2.05, 4.69) is 32.3 Å². The number of anilines is 1. The van der Waals surface area contributed by atoms with Crippen LogP contribution < -0.4 is 11.1 Å². The van der Waals surface area contributed by atoms with E-state index in [0.29, 0.717) is 5.65 Å². The van der Waals surface area contributed by atoms with Gasteiger partial charge in [-0.2, -0.15) is 5.10 Å². The summed E-state index contributed by atoms with van der Waals surface area (Å²) in [5.41, 5.74) is 11.9. The summed E-state index contributed by atoms with van der Waals surface area (Å²) in [6.07, 6.45) is 5.07. The van der Waals surface area contributed by atoms with Crippen molar-refractivity contribution in [2.45, 2.75) is 19.9 Å². The molecule has 0 spiro atoms. The summed E-state index contributed by atoms with van der Waals surface area (Å²) in [5, 5.41) is 13.5. The summed E-state index contributed by atoms with van der Waals surface area (Å²) < 4.78 is 5.34. The summed E-state index contributed by atoms with van der Waals surface area (Å²) in [6.45, 7) is 3.89. The molecule has 188 valence electrons. The highest BCUT2D eigenvalue weighted by atomic mass is 32.1. The van der Waals surface area contributed by atoms with Gasteiger partial charge in [-0.15, -0.1) is 16.4 Å². The van der Waals surface area contributed by atoms with Crippen molar-refractivity contribution in [3.05, 3.63) is 88.6 Å². The standard InChI is InChI=1S/C27H23N9OS/c1-16(31-26(37)21-24(28)33-35-13-7-12-29-25(21)35)22-23(18-8-5-4-6-9-18)36-20(15-38-27(36)32-22)11-10-19-14-30-34(3)17(19)2/h4-9,12-16H,1-3H3,(H2,28,33)(H,31,37). The number of nitrogens with zero attached hydrogens (tertiary/aromatic N) is 7. The fraction of sp³-hybridized carbons (Fsp3) is 0.148. The number of hydrogen-bond acceptors (Lipinski definition) is 7. The lowest BCUT2D eigenvalue weighted by atomic mass is 10.1. The van der Waals surface area contributed by atoms with Gasteiger partial charge in [-0.3, -0.25) is 13.9 Å². The van der Waals surface area contributed by atoms with Crippen LogP contribution in [0, 0.1) is 18.8 Å². The van der Waals surface area contributed by atoms with Crippen LogP contribution in [0.1, 0.15) is 46.0 Å². The Hall–Kier alpha value is -4.95. The molecule has 0 bridgehead atoms. The van der Waals surface area contributed by atoms with E-state index in [1.165, 1.54) is 15.9 Å². The second-order valence-corrected chi connectivity index (χ2v) is 9.65. The minimum Gasteiger partial charge on any atom is -0.381 e. The number of hydrogen-bond donors (Lipinski definition) is 2. The van der Waals surface area contributed by atoms with Crippen LogP contribution in [0.4, 0.5) is 5.82 Å². The van der Waals surface area contributed by atoms with Crippen LogP contribution in [0.15, 0.2) is 60.4 Å². The van der Waals surface area contributed by atoms with Gasteiger partial charge >= 0.3 is 0 Å². The number of nitrogens with two attached hydrogens (primary N) is 1. The third kappa shape index (κ3) is 3.88. The molecule has 0 saturated carbocycles. The predicted molar refractivity (Wildman–Crippen MR) is 146 cm³/mol. The van der Waals surface area contributed by atoms with Crippen molar-refractivity contribution < 1.29 is 4.79 Å². The van der Waals surface area contributed by atoms with Crippen LogP contribution in [0.2, 0.25) is 0 Å². The number of nitrogen functional groups attached to an aromatic ring is 1. The molecule has 5 aromatic heterocycles. The average Bonchev–Trinajstić information content (AvgIpc) is 3.66. The van der Waals surface area contributed by atoms with Crippen molar-refractivity contribution in [3.63, 3.8) is 0 Å². The molecule has 6 aromatic rings. The van der Waals surface area contributed by atoms with Crippen LogP contribution in [0.5, 0.6) is 0 Å². The van der Waals surface area contributed by atoms with Gasteiger partial charge in [0, 0.05) is 30.4 Å². The molecule has 38 heavy (non-hydrogen) atoms. The van der Waals surface area contributed by atoms with Gasteiger partial charge in [-0.1, -0.05) is 36.3 Å². The van der Waals surface area contributed by atoms with E-state index >= 15 is 0 Å². The quantitative estimate of drug-likeness (QED) is 0.342. The van der Waals surface area contributed by atoms with Crippen molar-refractivity contribution in [2.24, 2.45) is 7.05 Å². The van der Waals surface area contributed by atoms with E-state index in [1.54, 1.807) is 29.3 Å². The summed E-state index contributed by atoms with van der Waals surface area (Å²) in [4.78, 5) is 23.3. The number of amides is 1. The average molecular weight is 522 g/mol. The van der Waals surface area contributed by atoms with E-state index in [9.17, 15) is 4.79 Å². The molecule has 1 amide bonds. The Kier molecular flexibility index (Phi) is 5.66. The molecule has 0 aliphatic carbocycles. The number of imidazole rings is 1. The highest BCUT2D eigenvalue weighted by molar-refractivity contribution is 7.15. The monoisotopic (exact) mass is 521 g/mol. The number of fused-ring (bicyclic) bond motifs is 2. The van der Waals surface area contributed by atoms with Crippen molar-refractivity contribution >= 4 is 33.7 Å². The first-order chi connectivity index (χ1) is 18.4. The highest BCUT2D eigenvalue weighted by Crippen LogP contribution is 2.33. The van der Waals surface area contributed by atoms with Gasteiger partial charge in [-0.25, -0.2) is 14.5 Å². The summed E-state index contributed by atoms with van der Waals surface area (Å²) >= 11 is 1.50. The molecule has 0 aliphatic heterocycles. The normalized spacial score (nSPS) is 12.0. The lowest BCUT2D eigenvalue weighted by molar-refractivity contribution is 0.0941. The second-order valence-electron chi connectivity index (χ2n) is 8.81. The number of aromatic nitrogens is 7. The Morgan fingerprint density at radius 1 is 1.18 bits per heavy atom. The van der Waals surface area contributed by atoms with Gasteiger partial charge in [-0.05, 0) is 25.8 Å². The minimum atomic E-state index is -0.441. The zero-order chi connectivity index (χ0) is 26.4. The lowest BCUT2D eigenvalue weighted by Crippen LogP contribution is -2.28. The van der Waals surface area contributed by atoms with E-state index < -0.39 is 6.04 Å². The molecule has 0 radical (unpaired) electrons. The highest BCUT2D eigenvalue weighted by Gasteiger charge is 2.26. The van der Waals surface area contributed by atoms with Crippen LogP contribution in [-0.2, 0) is 7.05 Å². The van der Waals surface area contributed by atoms with Gasteiger partial charge in [0.05, 0.1) is 34.9 Å². The number of carbonyl (C=O) groups is 1. The minimum absolute atomic E-state index is 0.116. The molecule has 0 saturated heterocycles. The van der Waals surface area contributed by atoms with E-state index in [0.717, 1.165) is 38.9 Å². The van der Waals surface area contributed by atoms with Crippen molar-refractivity contribution in [3.8, 4) is 23.1 Å². The molecule has 10 nitrogen and oxygen atoms in total. The molecule has 3 N–H and O–H groups in total. The van der Waals surface area contributed by atoms with Crippen LogP contribution in [0.3, 0.4) is 0 Å². The lowest BCUT2D eigenvalue weighted by Gasteiger charge is -2.14. The maximum Gasteiger partial charge on any atom is 0.259 e. The zero-order valence-electron chi connectivity index (χ0n) is 20.9. The SMILES string of the molecule is Cc1c(C#Cc2csc3nc(C(C)NC(=O)c4c(N)nn5cccnc45)c(-c4ccccc4)n23)cnn1C. The molecule has 0 aliphatic rings. The van der Waals surface area contributed by atoms with E-state index in [4.69, 9.17) is 10.7 Å². The number of rotatable bonds is 4. The Morgan fingerprint density at radius 3 is 2.76 bits per heavy atom. The maximum absolute atomic E-state index is 13.3. The number of carbonyl (C=O) groups excluding carboxylic acids is 1. The van der Waals surface area contributed by atoms with E-state index in [-0.39, 0.29) is 17.3 Å². The summed E-state index contributed by atoms with van der Waals surface area (Å²) in [5.74, 6) is 6.29. The summed E-state index contributed by atoms with van der Waals surface area (Å²) in [7, 11) is 1.89. The number of aryl methyl sites for hydroxylation is 1. The molecular weight excluding hydrogens is 498 g/mol. The first kappa shape index (κ1) is 23.4. The van der Waals surface area contributed by atoms with Gasteiger partial charge in [0.25, 0.3) is 5.91 Å². The fourth-order valence-electron chi connectivity index (χ4n) is 4.35. The molecule has 11 heteroatoms. The van der Waals surface area contributed by atoms with Crippen molar-refractivity contribution in [2.75, 3.05) is 5.73 Å². The second kappa shape index (κ2) is 9.17. The number of nitrogens with one attached hydrogen (secondary N) is 1. The van der Waals surface area contributed by atoms with Gasteiger partial charge < -0.3 is 11.1 Å². The Bertz CT molecular complexity index is 1880. The summed E-state index contributed by atoms with van der Waals surface area (Å²) in [6, 6.07) is 11.2. The Balaban J connectivity index is 1.43. The molecule has 6 rings (SSSR count). The van der Waals surface area contributed by atoms with Crippen LogP contribution >= 0.6 is 11.3 Å². The van der Waals surface area contributed by atoms with Crippen LogP contribution in [0.25, 0.3) is 21.9 Å². The molecule has 1 aromatic carbocycles. The molecule has 5 heterocycles. The number of thiazole rings is 1.